The number of piperidine rings is 1. The number of nitrogens with zero attached hydrogens (tertiary/aromatic N) is 3. The Balaban J connectivity index is 1.66. The van der Waals surface area contributed by atoms with Gasteiger partial charge in [-0.3, -0.25) is 0 Å². The zero-order valence-electron chi connectivity index (χ0n) is 12.8. The summed E-state index contributed by atoms with van der Waals surface area (Å²) in [5, 5.41) is 10.4. The number of fused-ring (bicyclic) bond motifs is 2. The van der Waals surface area contributed by atoms with Crippen LogP contribution in [0.5, 0.6) is 0 Å². The fourth-order valence-electron chi connectivity index (χ4n) is 3.83. The number of aryl methyl sites for hydroxylation is 1. The van der Waals surface area contributed by atoms with Crippen molar-refractivity contribution in [2.75, 3.05) is 5.32 Å². The second-order valence-corrected chi connectivity index (χ2v) is 6.41. The average molecular weight is 328 g/mol. The van der Waals surface area contributed by atoms with Gasteiger partial charge in [-0.2, -0.15) is 23.4 Å². The number of anilines is 1. The first kappa shape index (κ1) is 16.0. The predicted molar refractivity (Wildman–Crippen MR) is 77.8 cm³/mol. The molecule has 2 saturated heterocycles. The third-order valence-corrected chi connectivity index (χ3v) is 4.73. The molecule has 0 saturated carbocycles. The number of carbonyl (C=O) groups excluding carboxylic acids is 1. The zero-order valence-corrected chi connectivity index (χ0v) is 12.8. The molecule has 2 aliphatic rings. The van der Waals surface area contributed by atoms with Crippen LogP contribution in [0.2, 0.25) is 0 Å². The van der Waals surface area contributed by atoms with E-state index >= 15 is 0 Å². The molecule has 1 aromatic rings. The second kappa shape index (κ2) is 5.98. The van der Waals surface area contributed by atoms with E-state index in [4.69, 9.17) is 0 Å². The molecule has 1 aromatic heterocycles. The summed E-state index contributed by atoms with van der Waals surface area (Å²) in [7, 11) is 0. The van der Waals surface area contributed by atoms with Crippen LogP contribution >= 0.6 is 0 Å². The molecule has 0 aliphatic carbocycles. The number of nitrogens with one attached hydrogen (secondary N) is 1. The van der Waals surface area contributed by atoms with E-state index in [-0.39, 0.29) is 24.0 Å². The van der Waals surface area contributed by atoms with Gasteiger partial charge in [0.25, 0.3) is 0 Å². The number of aromatic nitrogens is 2. The molecule has 2 amide bonds. The van der Waals surface area contributed by atoms with Gasteiger partial charge in [0.1, 0.15) is 0 Å². The van der Waals surface area contributed by atoms with Gasteiger partial charge in [-0.15, -0.1) is 0 Å². The molecular weight excluding hydrogens is 309 g/mol. The molecule has 2 bridgehead atoms. The van der Waals surface area contributed by atoms with Crippen molar-refractivity contribution in [1.29, 1.82) is 0 Å². The minimum Gasteiger partial charge on any atom is -0.319 e. The Hall–Kier alpha value is -1.86. The minimum absolute atomic E-state index is 0.101. The van der Waals surface area contributed by atoms with Crippen LogP contribution in [0, 0.1) is 12.8 Å². The van der Waals surface area contributed by atoms with Gasteiger partial charge in [0.2, 0.25) is 0 Å². The van der Waals surface area contributed by atoms with Crippen molar-refractivity contribution in [3.63, 3.8) is 0 Å². The predicted octanol–water partition coefficient (Wildman–Crippen LogP) is 3.51. The largest absolute Gasteiger partial charge is 0.389 e. The quantitative estimate of drug-likeness (QED) is 0.904. The van der Waals surface area contributed by atoms with Crippen LogP contribution < -0.4 is 5.32 Å². The fourth-order valence-corrected chi connectivity index (χ4v) is 3.83. The van der Waals surface area contributed by atoms with Crippen molar-refractivity contribution < 1.29 is 18.0 Å². The van der Waals surface area contributed by atoms with Crippen molar-refractivity contribution >= 4 is 11.7 Å². The molecule has 2 fully saturated rings. The summed E-state index contributed by atoms with van der Waals surface area (Å²) in [5.41, 5.74) is 1.20. The number of hydrogen-bond acceptors (Lipinski definition) is 3. The molecule has 2 aliphatic heterocycles. The summed E-state index contributed by atoms with van der Waals surface area (Å²) in [5.74, 6) is -0.374. The van der Waals surface area contributed by atoms with E-state index in [1.807, 2.05) is 0 Å². The Labute approximate surface area is 132 Å². The van der Waals surface area contributed by atoms with Gasteiger partial charge in [-0.05, 0) is 44.6 Å². The van der Waals surface area contributed by atoms with Gasteiger partial charge in [0.15, 0.2) is 0 Å². The average Bonchev–Trinajstić information content (AvgIpc) is 2.72. The third-order valence-electron chi connectivity index (χ3n) is 4.73. The van der Waals surface area contributed by atoms with Crippen molar-refractivity contribution in [3.05, 3.63) is 18.0 Å². The van der Waals surface area contributed by atoms with Crippen LogP contribution in [-0.2, 0) is 0 Å². The van der Waals surface area contributed by atoms with Gasteiger partial charge in [0, 0.05) is 18.5 Å². The van der Waals surface area contributed by atoms with E-state index in [9.17, 15) is 18.0 Å². The van der Waals surface area contributed by atoms with Crippen molar-refractivity contribution in [1.82, 2.24) is 15.1 Å². The molecule has 2 unspecified atom stereocenters. The van der Waals surface area contributed by atoms with Gasteiger partial charge >= 0.3 is 12.2 Å². The van der Waals surface area contributed by atoms with Crippen LogP contribution in [0.25, 0.3) is 0 Å². The Morgan fingerprint density at radius 1 is 1.35 bits per heavy atom. The lowest BCUT2D eigenvalue weighted by molar-refractivity contribution is -0.148. The summed E-state index contributed by atoms with van der Waals surface area (Å²) in [6, 6.07) is 1.21. The molecule has 8 heteroatoms. The maximum atomic E-state index is 12.6. The van der Waals surface area contributed by atoms with Crippen LogP contribution in [0.3, 0.4) is 0 Å². The van der Waals surface area contributed by atoms with E-state index in [0.29, 0.717) is 24.2 Å². The molecule has 0 aromatic carbocycles. The Bertz CT molecular complexity index is 578. The van der Waals surface area contributed by atoms with Crippen LogP contribution in [0.4, 0.5) is 23.7 Å². The lowest BCUT2D eigenvalue weighted by Gasteiger charge is -2.39. The third kappa shape index (κ3) is 3.56. The van der Waals surface area contributed by atoms with Crippen molar-refractivity contribution in [3.8, 4) is 0 Å². The summed E-state index contributed by atoms with van der Waals surface area (Å²) in [6.07, 6.45) is -0.974. The Morgan fingerprint density at radius 3 is 2.57 bits per heavy atom. The smallest absolute Gasteiger partial charge is 0.319 e. The van der Waals surface area contributed by atoms with E-state index < -0.39 is 12.6 Å². The molecule has 0 radical (unpaired) electrons. The molecular formula is C15H19F3N4O. The maximum Gasteiger partial charge on any atom is 0.389 e. The normalized spacial score (nSPS) is 27.1. The summed E-state index contributed by atoms with van der Waals surface area (Å²) >= 11 is 0. The number of halogens is 3. The molecule has 3 rings (SSSR count). The lowest BCUT2D eigenvalue weighted by Crippen LogP contribution is -2.49. The van der Waals surface area contributed by atoms with Crippen LogP contribution in [0.1, 0.15) is 37.8 Å². The second-order valence-electron chi connectivity index (χ2n) is 6.41. The van der Waals surface area contributed by atoms with Gasteiger partial charge in [-0.1, -0.05) is 0 Å². The van der Waals surface area contributed by atoms with E-state index in [0.717, 1.165) is 12.8 Å². The molecule has 3 heterocycles. The molecule has 23 heavy (non-hydrogen) atoms. The van der Waals surface area contributed by atoms with Crippen LogP contribution in [-0.4, -0.2) is 39.4 Å². The molecule has 2 atom stereocenters. The SMILES string of the molecule is Cc1nnccc1NC(=O)N1C2CCC1CC(CC(F)(F)F)C2. The topological polar surface area (TPSA) is 58.1 Å². The standard InChI is InChI=1S/C15H19F3N4O/c1-9-13(4-5-19-21-9)20-14(23)22-11-2-3-12(22)7-10(6-11)8-15(16,17)18/h4-5,10-12H,2-3,6-8H2,1H3,(H,19,20,23). The van der Waals surface area contributed by atoms with E-state index in [1.165, 1.54) is 6.20 Å². The van der Waals surface area contributed by atoms with Gasteiger partial charge < -0.3 is 10.2 Å². The maximum absolute atomic E-state index is 12.6. The molecule has 1 N–H and O–H groups in total. The molecule has 126 valence electrons. The number of alkyl halides is 3. The van der Waals surface area contributed by atoms with E-state index in [1.54, 1.807) is 17.9 Å². The highest BCUT2D eigenvalue weighted by Gasteiger charge is 2.46. The molecule has 0 spiro atoms. The number of amides is 2. The van der Waals surface area contributed by atoms with Gasteiger partial charge in [0.05, 0.1) is 17.6 Å². The minimum atomic E-state index is -4.13. The highest BCUT2D eigenvalue weighted by Crippen LogP contribution is 2.42. The lowest BCUT2D eigenvalue weighted by atomic mass is 9.88. The molecule has 5 nitrogen and oxygen atoms in total. The summed E-state index contributed by atoms with van der Waals surface area (Å²) in [6.45, 7) is 1.74. The highest BCUT2D eigenvalue weighted by atomic mass is 19.4. The first-order valence-electron chi connectivity index (χ1n) is 7.78. The Morgan fingerprint density at radius 2 is 2.00 bits per heavy atom. The number of hydrogen-bond donors (Lipinski definition) is 1. The summed E-state index contributed by atoms with van der Waals surface area (Å²) < 4.78 is 37.8. The first-order chi connectivity index (χ1) is 10.8. The highest BCUT2D eigenvalue weighted by molar-refractivity contribution is 5.90. The number of rotatable bonds is 2. The van der Waals surface area contributed by atoms with Crippen molar-refractivity contribution in [2.24, 2.45) is 5.92 Å². The number of urea groups is 1. The Kier molecular flexibility index (Phi) is 4.16. The summed E-state index contributed by atoms with van der Waals surface area (Å²) in [4.78, 5) is 14.2. The monoisotopic (exact) mass is 328 g/mol. The van der Waals surface area contributed by atoms with Crippen molar-refractivity contribution in [2.45, 2.75) is 57.3 Å². The van der Waals surface area contributed by atoms with Crippen LogP contribution in [0.15, 0.2) is 12.3 Å². The first-order valence-corrected chi connectivity index (χ1v) is 7.78. The van der Waals surface area contributed by atoms with Gasteiger partial charge in [-0.25, -0.2) is 4.79 Å². The number of carbonyl (C=O) groups is 1. The zero-order chi connectivity index (χ0) is 16.6. The fraction of sp³-hybridized carbons (Fsp3) is 0.667. The van der Waals surface area contributed by atoms with E-state index in [2.05, 4.69) is 15.5 Å².